The lowest BCUT2D eigenvalue weighted by atomic mass is 9.97. The number of carboxylic acid groups (broad SMARTS) is 1. The summed E-state index contributed by atoms with van der Waals surface area (Å²) in [5, 5.41) is 9.19. The summed E-state index contributed by atoms with van der Waals surface area (Å²) in [4.78, 5) is 11.2. The van der Waals surface area contributed by atoms with Crippen LogP contribution >= 0.6 is 0 Å². The van der Waals surface area contributed by atoms with E-state index in [2.05, 4.69) is 32.0 Å². The summed E-state index contributed by atoms with van der Waals surface area (Å²) in [5.74, 6) is 1.26. The summed E-state index contributed by atoms with van der Waals surface area (Å²) in [5.41, 5.74) is 3.38. The Bertz CT molecular complexity index is 846. The molecule has 1 unspecified atom stereocenters. The Kier molecular flexibility index (Phi) is 10.9. The predicted molar refractivity (Wildman–Crippen MR) is 128 cm³/mol. The molecule has 5 nitrogen and oxygen atoms in total. The van der Waals surface area contributed by atoms with Crippen LogP contribution in [0.4, 0.5) is 0 Å². The van der Waals surface area contributed by atoms with E-state index < -0.39 is 11.9 Å². The number of hydrogen-bond acceptors (Lipinski definition) is 4. The fourth-order valence-corrected chi connectivity index (χ4v) is 3.52. The topological polar surface area (TPSA) is 65.0 Å². The first-order valence-corrected chi connectivity index (χ1v) is 11.8. The molecular formula is C27H38O5. The van der Waals surface area contributed by atoms with Gasteiger partial charge in [0, 0.05) is 0 Å². The van der Waals surface area contributed by atoms with Gasteiger partial charge >= 0.3 is 5.97 Å². The number of rotatable bonds is 15. The summed E-state index contributed by atoms with van der Waals surface area (Å²) >= 11 is 0. The van der Waals surface area contributed by atoms with Crippen LogP contribution in [0, 0.1) is 5.92 Å². The van der Waals surface area contributed by atoms with Gasteiger partial charge in [-0.05, 0) is 73.4 Å². The molecule has 1 atom stereocenters. The van der Waals surface area contributed by atoms with E-state index in [0.29, 0.717) is 19.6 Å². The van der Waals surface area contributed by atoms with Crippen LogP contribution in [0.15, 0.2) is 36.4 Å². The van der Waals surface area contributed by atoms with Crippen molar-refractivity contribution in [3.8, 4) is 17.2 Å². The van der Waals surface area contributed by atoms with E-state index in [4.69, 9.17) is 14.2 Å². The van der Waals surface area contributed by atoms with Crippen molar-refractivity contribution in [1.29, 1.82) is 0 Å². The monoisotopic (exact) mass is 442 g/mol. The van der Waals surface area contributed by atoms with Crippen molar-refractivity contribution in [2.75, 3.05) is 20.3 Å². The van der Waals surface area contributed by atoms with Crippen molar-refractivity contribution in [3.05, 3.63) is 53.1 Å². The Labute approximate surface area is 192 Å². The Hall–Kier alpha value is -2.69. The maximum Gasteiger partial charge on any atom is 0.306 e. The van der Waals surface area contributed by atoms with Gasteiger partial charge in [-0.2, -0.15) is 0 Å². The van der Waals surface area contributed by atoms with Gasteiger partial charge in [-0.15, -0.1) is 0 Å². The molecule has 2 aromatic rings. The first-order chi connectivity index (χ1) is 15.5. The molecule has 0 heterocycles. The minimum atomic E-state index is -0.776. The van der Waals surface area contributed by atoms with Gasteiger partial charge in [0.1, 0.15) is 5.75 Å². The van der Waals surface area contributed by atoms with Crippen LogP contribution in [0.25, 0.3) is 0 Å². The van der Waals surface area contributed by atoms with Crippen LogP contribution in [-0.2, 0) is 24.1 Å². The van der Waals surface area contributed by atoms with Crippen LogP contribution in [-0.4, -0.2) is 31.4 Å². The standard InChI is InChI=1S/C27H38O5/c1-5-7-16-32-24-14-12-21(18-26(24)30-4)9-8-10-23-13-11-22(17-20(3)27(28)29)19-25(23)31-15-6-2/h11-14,18-20H,5-10,15-17H2,1-4H3,(H,28,29). The molecule has 0 aromatic heterocycles. The molecule has 1 N–H and O–H groups in total. The quantitative estimate of drug-likeness (QED) is 0.338. The van der Waals surface area contributed by atoms with Crippen molar-refractivity contribution < 1.29 is 24.1 Å². The molecule has 5 heteroatoms. The third kappa shape index (κ3) is 8.10. The van der Waals surface area contributed by atoms with Crippen molar-refractivity contribution >= 4 is 5.97 Å². The Morgan fingerprint density at radius 3 is 2.28 bits per heavy atom. The van der Waals surface area contributed by atoms with E-state index in [0.717, 1.165) is 66.9 Å². The lowest BCUT2D eigenvalue weighted by Crippen LogP contribution is -2.12. The van der Waals surface area contributed by atoms with E-state index in [1.807, 2.05) is 18.2 Å². The minimum Gasteiger partial charge on any atom is -0.493 e. The second-order valence-corrected chi connectivity index (χ2v) is 8.27. The van der Waals surface area contributed by atoms with Crippen LogP contribution in [0.1, 0.15) is 63.1 Å². The Balaban J connectivity index is 2.01. The zero-order chi connectivity index (χ0) is 23.3. The first-order valence-electron chi connectivity index (χ1n) is 11.8. The van der Waals surface area contributed by atoms with Crippen LogP contribution in [0.5, 0.6) is 17.2 Å². The molecule has 176 valence electrons. The fraction of sp³-hybridized carbons (Fsp3) is 0.519. The van der Waals surface area contributed by atoms with Gasteiger partial charge in [-0.25, -0.2) is 0 Å². The maximum atomic E-state index is 11.2. The molecule has 0 radical (unpaired) electrons. The Morgan fingerprint density at radius 2 is 1.59 bits per heavy atom. The third-order valence-electron chi connectivity index (χ3n) is 5.45. The molecule has 0 saturated heterocycles. The molecule has 0 amide bonds. The van der Waals surface area contributed by atoms with Gasteiger partial charge in [-0.1, -0.05) is 45.4 Å². The zero-order valence-corrected chi connectivity index (χ0v) is 20.0. The van der Waals surface area contributed by atoms with Crippen molar-refractivity contribution in [2.24, 2.45) is 5.92 Å². The molecule has 0 aliphatic rings. The number of hydrogen-bond donors (Lipinski definition) is 1. The number of unbranched alkanes of at least 4 members (excludes halogenated alkanes) is 1. The van der Waals surface area contributed by atoms with E-state index in [-0.39, 0.29) is 0 Å². The van der Waals surface area contributed by atoms with Gasteiger partial charge in [0.05, 0.1) is 26.2 Å². The minimum absolute atomic E-state index is 0.413. The largest absolute Gasteiger partial charge is 0.493 e. The molecule has 0 saturated carbocycles. The highest BCUT2D eigenvalue weighted by Crippen LogP contribution is 2.29. The normalized spacial score (nSPS) is 11.8. The highest BCUT2D eigenvalue weighted by molar-refractivity contribution is 5.70. The summed E-state index contributed by atoms with van der Waals surface area (Å²) < 4.78 is 17.3. The molecule has 2 rings (SSSR count). The predicted octanol–water partition coefficient (Wildman–Crippen LogP) is 6.10. The number of aliphatic carboxylic acids is 1. The number of methoxy groups -OCH3 is 1. The van der Waals surface area contributed by atoms with E-state index in [1.54, 1.807) is 14.0 Å². The van der Waals surface area contributed by atoms with E-state index in [9.17, 15) is 9.90 Å². The van der Waals surface area contributed by atoms with Crippen molar-refractivity contribution in [1.82, 2.24) is 0 Å². The lowest BCUT2D eigenvalue weighted by molar-refractivity contribution is -0.141. The Morgan fingerprint density at radius 1 is 0.875 bits per heavy atom. The fourth-order valence-electron chi connectivity index (χ4n) is 3.52. The van der Waals surface area contributed by atoms with Gasteiger partial charge in [0.2, 0.25) is 0 Å². The second-order valence-electron chi connectivity index (χ2n) is 8.27. The summed E-state index contributed by atoms with van der Waals surface area (Å²) in [6.45, 7) is 7.32. The summed E-state index contributed by atoms with van der Waals surface area (Å²) in [6.07, 6.45) is 6.37. The molecule has 0 aliphatic carbocycles. The number of ether oxygens (including phenoxy) is 3. The number of carbonyl (C=O) groups is 1. The zero-order valence-electron chi connectivity index (χ0n) is 20.0. The van der Waals surface area contributed by atoms with Gasteiger partial charge in [0.15, 0.2) is 11.5 Å². The third-order valence-corrected chi connectivity index (χ3v) is 5.45. The highest BCUT2D eigenvalue weighted by Gasteiger charge is 2.14. The molecule has 32 heavy (non-hydrogen) atoms. The molecule has 2 aromatic carbocycles. The smallest absolute Gasteiger partial charge is 0.306 e. The molecule has 0 aliphatic heterocycles. The molecular weight excluding hydrogens is 404 g/mol. The summed E-state index contributed by atoms with van der Waals surface area (Å²) in [6, 6.07) is 12.3. The number of benzene rings is 2. The lowest BCUT2D eigenvalue weighted by Gasteiger charge is -2.15. The first kappa shape index (κ1) is 25.6. The van der Waals surface area contributed by atoms with Crippen molar-refractivity contribution in [2.45, 2.75) is 65.7 Å². The van der Waals surface area contributed by atoms with Gasteiger partial charge < -0.3 is 19.3 Å². The SMILES string of the molecule is CCCCOc1ccc(CCCc2ccc(CC(C)C(=O)O)cc2OCCC)cc1OC. The molecule has 0 bridgehead atoms. The number of aryl methyl sites for hydroxylation is 2. The molecule has 0 fully saturated rings. The number of carboxylic acids is 1. The average molecular weight is 443 g/mol. The van der Waals surface area contributed by atoms with Crippen molar-refractivity contribution in [3.63, 3.8) is 0 Å². The van der Waals surface area contributed by atoms with Crippen LogP contribution < -0.4 is 14.2 Å². The van der Waals surface area contributed by atoms with Gasteiger partial charge in [-0.3, -0.25) is 4.79 Å². The van der Waals surface area contributed by atoms with E-state index in [1.165, 1.54) is 5.56 Å². The average Bonchev–Trinajstić information content (AvgIpc) is 2.79. The van der Waals surface area contributed by atoms with Crippen LogP contribution in [0.2, 0.25) is 0 Å². The van der Waals surface area contributed by atoms with Crippen LogP contribution in [0.3, 0.4) is 0 Å². The maximum absolute atomic E-state index is 11.2. The van der Waals surface area contributed by atoms with Gasteiger partial charge in [0.25, 0.3) is 0 Å². The second kappa shape index (κ2) is 13.7. The highest BCUT2D eigenvalue weighted by atomic mass is 16.5. The molecule has 0 spiro atoms. The van der Waals surface area contributed by atoms with E-state index >= 15 is 0 Å². The summed E-state index contributed by atoms with van der Waals surface area (Å²) in [7, 11) is 1.68.